The summed E-state index contributed by atoms with van der Waals surface area (Å²) in [6.07, 6.45) is 1.20. The van der Waals surface area contributed by atoms with E-state index in [0.717, 1.165) is 13.1 Å². The average Bonchev–Trinajstić information content (AvgIpc) is 2.69. The van der Waals surface area contributed by atoms with E-state index in [0.29, 0.717) is 11.5 Å². The highest BCUT2D eigenvalue weighted by atomic mass is 32.1. The van der Waals surface area contributed by atoms with Gasteiger partial charge in [-0.15, -0.1) is 11.3 Å². The van der Waals surface area contributed by atoms with Gasteiger partial charge in [-0.25, -0.2) is 0 Å². The van der Waals surface area contributed by atoms with Crippen LogP contribution < -0.4 is 5.32 Å². The Labute approximate surface area is 110 Å². The largest absolute Gasteiger partial charge is 0.316 e. The van der Waals surface area contributed by atoms with Gasteiger partial charge in [-0.3, -0.25) is 0 Å². The molecular weight excluding hydrogens is 228 g/mol. The van der Waals surface area contributed by atoms with Crippen LogP contribution in [0, 0.1) is 5.41 Å². The third-order valence-corrected chi connectivity index (χ3v) is 4.06. The van der Waals surface area contributed by atoms with Crippen LogP contribution >= 0.6 is 11.3 Å². The fraction of sp³-hybridized carbons (Fsp3) is 0.714. The van der Waals surface area contributed by atoms with Gasteiger partial charge in [-0.2, -0.15) is 0 Å². The molecule has 0 spiro atoms. The second-order valence-electron chi connectivity index (χ2n) is 5.81. The summed E-state index contributed by atoms with van der Waals surface area (Å²) in [6.45, 7) is 9.10. The van der Waals surface area contributed by atoms with Crippen LogP contribution in [0.15, 0.2) is 17.5 Å². The van der Waals surface area contributed by atoms with E-state index in [4.69, 9.17) is 0 Å². The Hall–Kier alpha value is -0.380. The molecule has 0 aliphatic heterocycles. The van der Waals surface area contributed by atoms with Gasteiger partial charge < -0.3 is 10.2 Å². The van der Waals surface area contributed by atoms with Gasteiger partial charge in [0, 0.05) is 17.5 Å². The van der Waals surface area contributed by atoms with Crippen LogP contribution in [0.5, 0.6) is 0 Å². The van der Waals surface area contributed by atoms with Crippen molar-refractivity contribution in [3.63, 3.8) is 0 Å². The predicted octanol–water partition coefficient (Wildman–Crippen LogP) is 3.20. The molecule has 0 amide bonds. The molecule has 1 atom stereocenters. The van der Waals surface area contributed by atoms with Crippen molar-refractivity contribution in [1.82, 2.24) is 10.2 Å². The number of nitrogens with one attached hydrogen (secondary N) is 1. The second kappa shape index (κ2) is 6.53. The summed E-state index contributed by atoms with van der Waals surface area (Å²) in [6, 6.07) is 4.91. The Morgan fingerprint density at radius 1 is 1.41 bits per heavy atom. The molecule has 1 unspecified atom stereocenters. The first-order valence-electron chi connectivity index (χ1n) is 6.31. The molecule has 1 N–H and O–H groups in total. The van der Waals surface area contributed by atoms with E-state index in [1.807, 2.05) is 11.3 Å². The molecule has 1 heterocycles. The monoisotopic (exact) mass is 254 g/mol. The van der Waals surface area contributed by atoms with Crippen LogP contribution in [0.2, 0.25) is 0 Å². The molecule has 0 radical (unpaired) electrons. The zero-order valence-corrected chi connectivity index (χ0v) is 12.6. The predicted molar refractivity (Wildman–Crippen MR) is 77.6 cm³/mol. The van der Waals surface area contributed by atoms with Crippen molar-refractivity contribution in [3.05, 3.63) is 22.4 Å². The van der Waals surface area contributed by atoms with Crippen LogP contribution in [-0.4, -0.2) is 31.6 Å². The maximum absolute atomic E-state index is 3.43. The molecule has 0 saturated heterocycles. The van der Waals surface area contributed by atoms with E-state index in [2.05, 4.69) is 62.6 Å². The van der Waals surface area contributed by atoms with Crippen molar-refractivity contribution >= 4 is 11.3 Å². The fourth-order valence-corrected chi connectivity index (χ4v) is 2.89. The molecule has 0 aromatic carbocycles. The lowest BCUT2D eigenvalue weighted by Crippen LogP contribution is -2.40. The van der Waals surface area contributed by atoms with Gasteiger partial charge in [-0.05, 0) is 43.9 Å². The van der Waals surface area contributed by atoms with Crippen LogP contribution in [0.25, 0.3) is 0 Å². The third kappa shape index (κ3) is 5.19. The first-order valence-corrected chi connectivity index (χ1v) is 7.19. The van der Waals surface area contributed by atoms with Gasteiger partial charge in [0.05, 0.1) is 0 Å². The van der Waals surface area contributed by atoms with Crippen LogP contribution in [0.4, 0.5) is 0 Å². The van der Waals surface area contributed by atoms with E-state index in [9.17, 15) is 0 Å². The Balaban J connectivity index is 2.34. The SMILES string of the molecule is CNC(CCN(C)Cc1cccs1)C(C)(C)C. The molecule has 0 aliphatic carbocycles. The molecule has 0 aliphatic rings. The molecule has 17 heavy (non-hydrogen) atoms. The first kappa shape index (κ1) is 14.7. The summed E-state index contributed by atoms with van der Waals surface area (Å²) < 4.78 is 0. The Bertz CT molecular complexity index is 301. The Morgan fingerprint density at radius 3 is 2.59 bits per heavy atom. The maximum Gasteiger partial charge on any atom is 0.0324 e. The van der Waals surface area contributed by atoms with Crippen molar-refractivity contribution in [2.45, 2.75) is 39.8 Å². The molecule has 1 aromatic rings. The topological polar surface area (TPSA) is 15.3 Å². The molecule has 1 rings (SSSR count). The summed E-state index contributed by atoms with van der Waals surface area (Å²) in [5, 5.41) is 5.58. The second-order valence-corrected chi connectivity index (χ2v) is 6.85. The highest BCUT2D eigenvalue weighted by molar-refractivity contribution is 7.09. The Kier molecular flexibility index (Phi) is 5.63. The van der Waals surface area contributed by atoms with Crippen LogP contribution in [0.1, 0.15) is 32.1 Å². The van der Waals surface area contributed by atoms with E-state index < -0.39 is 0 Å². The van der Waals surface area contributed by atoms with Gasteiger partial charge in [0.2, 0.25) is 0 Å². The summed E-state index contributed by atoms with van der Waals surface area (Å²) in [7, 11) is 4.27. The van der Waals surface area contributed by atoms with Crippen LogP contribution in [0.3, 0.4) is 0 Å². The quantitative estimate of drug-likeness (QED) is 0.838. The third-order valence-electron chi connectivity index (χ3n) is 3.20. The zero-order valence-electron chi connectivity index (χ0n) is 11.8. The lowest BCUT2D eigenvalue weighted by Gasteiger charge is -2.31. The van der Waals surface area contributed by atoms with Gasteiger partial charge in [0.25, 0.3) is 0 Å². The van der Waals surface area contributed by atoms with Crippen molar-refractivity contribution in [2.24, 2.45) is 5.41 Å². The smallest absolute Gasteiger partial charge is 0.0324 e. The lowest BCUT2D eigenvalue weighted by molar-refractivity contribution is 0.228. The number of hydrogen-bond acceptors (Lipinski definition) is 3. The molecular formula is C14H26N2S. The minimum absolute atomic E-state index is 0.332. The van der Waals surface area contributed by atoms with Gasteiger partial charge in [0.15, 0.2) is 0 Å². The Morgan fingerprint density at radius 2 is 2.12 bits per heavy atom. The van der Waals surface area contributed by atoms with E-state index in [1.54, 1.807) is 0 Å². The summed E-state index contributed by atoms with van der Waals surface area (Å²) in [4.78, 5) is 3.85. The van der Waals surface area contributed by atoms with E-state index in [1.165, 1.54) is 11.3 Å². The minimum atomic E-state index is 0.332. The van der Waals surface area contributed by atoms with E-state index in [-0.39, 0.29) is 0 Å². The van der Waals surface area contributed by atoms with Crippen LogP contribution in [-0.2, 0) is 6.54 Å². The summed E-state index contributed by atoms with van der Waals surface area (Å²) in [5.41, 5.74) is 0.332. The van der Waals surface area contributed by atoms with Crippen molar-refractivity contribution in [2.75, 3.05) is 20.6 Å². The maximum atomic E-state index is 3.43. The highest BCUT2D eigenvalue weighted by Crippen LogP contribution is 2.22. The number of thiophene rings is 1. The number of rotatable bonds is 6. The fourth-order valence-electron chi connectivity index (χ4n) is 2.11. The zero-order chi connectivity index (χ0) is 12.9. The number of hydrogen-bond donors (Lipinski definition) is 1. The number of nitrogens with zero attached hydrogens (tertiary/aromatic N) is 1. The molecule has 3 heteroatoms. The molecule has 0 fully saturated rings. The van der Waals surface area contributed by atoms with Gasteiger partial charge in [0.1, 0.15) is 0 Å². The molecule has 2 nitrogen and oxygen atoms in total. The van der Waals surface area contributed by atoms with Gasteiger partial charge in [-0.1, -0.05) is 26.8 Å². The summed E-state index contributed by atoms with van der Waals surface area (Å²) in [5.74, 6) is 0. The average molecular weight is 254 g/mol. The standard InChI is InChI=1S/C14H26N2S/c1-14(2,3)13(15-4)8-9-16(5)11-12-7-6-10-17-12/h6-7,10,13,15H,8-9,11H2,1-5H3. The summed E-state index contributed by atoms with van der Waals surface area (Å²) >= 11 is 1.84. The normalized spacial score (nSPS) is 14.2. The van der Waals surface area contributed by atoms with Crippen molar-refractivity contribution in [1.29, 1.82) is 0 Å². The molecule has 1 aromatic heterocycles. The minimum Gasteiger partial charge on any atom is -0.316 e. The first-order chi connectivity index (χ1) is 7.93. The molecule has 0 bridgehead atoms. The van der Waals surface area contributed by atoms with Gasteiger partial charge >= 0.3 is 0 Å². The lowest BCUT2D eigenvalue weighted by atomic mass is 9.85. The van der Waals surface area contributed by atoms with Crippen molar-refractivity contribution < 1.29 is 0 Å². The highest BCUT2D eigenvalue weighted by Gasteiger charge is 2.22. The van der Waals surface area contributed by atoms with Crippen molar-refractivity contribution in [3.8, 4) is 0 Å². The molecule has 0 saturated carbocycles. The molecule has 98 valence electrons. The van der Waals surface area contributed by atoms with E-state index >= 15 is 0 Å².